The van der Waals surface area contributed by atoms with Crippen molar-refractivity contribution in [3.8, 4) is 0 Å². The van der Waals surface area contributed by atoms with Gasteiger partial charge in [-0.15, -0.1) is 0 Å². The van der Waals surface area contributed by atoms with E-state index in [0.29, 0.717) is 18.7 Å². The van der Waals surface area contributed by atoms with Crippen molar-refractivity contribution in [2.75, 3.05) is 13.1 Å². The fourth-order valence-corrected chi connectivity index (χ4v) is 4.54. The summed E-state index contributed by atoms with van der Waals surface area (Å²) in [6.45, 7) is 4.26. The van der Waals surface area contributed by atoms with Gasteiger partial charge in [0, 0.05) is 18.7 Å². The fraction of sp³-hybridized carbons (Fsp3) is 0.462. The van der Waals surface area contributed by atoms with Crippen molar-refractivity contribution >= 4 is 38.8 Å². The molecule has 0 saturated carbocycles. The third-order valence-electron chi connectivity index (χ3n) is 3.22. The Morgan fingerprint density at radius 3 is 2.48 bits per heavy atom. The summed E-state index contributed by atoms with van der Waals surface area (Å²) in [6.07, 6.45) is -0.331. The standard InChI is InChI=1S/C13H17ClN2O3S2/c1-8-6-16(7-9(2)19-8)21(17,18)12-5-10(13(15)20)3-4-11(12)14/h3-5,8-9H,6-7H2,1-2H3,(H2,15,20). The Hall–Kier alpha value is -0.730. The van der Waals surface area contributed by atoms with Gasteiger partial charge in [0.05, 0.1) is 17.2 Å². The molecule has 1 fully saturated rings. The van der Waals surface area contributed by atoms with Crippen LogP contribution in [0.3, 0.4) is 0 Å². The van der Waals surface area contributed by atoms with E-state index in [9.17, 15) is 8.42 Å². The molecule has 1 aliphatic rings. The van der Waals surface area contributed by atoms with Crippen LogP contribution in [-0.4, -0.2) is 43.0 Å². The van der Waals surface area contributed by atoms with E-state index in [1.807, 2.05) is 13.8 Å². The Morgan fingerprint density at radius 2 is 1.95 bits per heavy atom. The molecule has 2 atom stereocenters. The van der Waals surface area contributed by atoms with E-state index in [1.54, 1.807) is 6.07 Å². The molecule has 1 aliphatic heterocycles. The molecule has 0 bridgehead atoms. The Balaban J connectivity index is 2.44. The highest BCUT2D eigenvalue weighted by atomic mass is 35.5. The number of morpholine rings is 1. The Morgan fingerprint density at radius 1 is 1.38 bits per heavy atom. The quantitative estimate of drug-likeness (QED) is 0.843. The lowest BCUT2D eigenvalue weighted by Gasteiger charge is -2.34. The zero-order chi connectivity index (χ0) is 15.8. The van der Waals surface area contributed by atoms with Crippen LogP contribution in [-0.2, 0) is 14.8 Å². The Bertz CT molecular complexity index is 653. The lowest BCUT2D eigenvalue weighted by molar-refractivity contribution is -0.0440. The van der Waals surface area contributed by atoms with Crippen molar-refractivity contribution in [2.45, 2.75) is 31.0 Å². The van der Waals surface area contributed by atoms with Gasteiger partial charge in [0.2, 0.25) is 10.0 Å². The second-order valence-corrected chi connectivity index (χ2v) is 7.84. The zero-order valence-electron chi connectivity index (χ0n) is 11.7. The third kappa shape index (κ3) is 3.54. The molecule has 2 unspecified atom stereocenters. The second kappa shape index (κ2) is 6.18. The van der Waals surface area contributed by atoms with Gasteiger partial charge in [-0.05, 0) is 26.0 Å². The molecular weight excluding hydrogens is 332 g/mol. The number of nitrogens with two attached hydrogens (primary N) is 1. The zero-order valence-corrected chi connectivity index (χ0v) is 14.1. The number of hydrogen-bond donors (Lipinski definition) is 1. The van der Waals surface area contributed by atoms with Gasteiger partial charge in [0.1, 0.15) is 9.88 Å². The predicted molar refractivity (Wildman–Crippen MR) is 86.1 cm³/mol. The number of ether oxygens (including phenoxy) is 1. The van der Waals surface area contributed by atoms with Crippen LogP contribution in [0.15, 0.2) is 23.1 Å². The van der Waals surface area contributed by atoms with Gasteiger partial charge in [0.15, 0.2) is 0 Å². The van der Waals surface area contributed by atoms with Crippen LogP contribution in [0.2, 0.25) is 5.02 Å². The van der Waals surface area contributed by atoms with Crippen molar-refractivity contribution in [2.24, 2.45) is 5.73 Å². The van der Waals surface area contributed by atoms with E-state index in [0.717, 1.165) is 0 Å². The molecule has 1 aromatic rings. The number of nitrogens with zero attached hydrogens (tertiary/aromatic N) is 1. The van der Waals surface area contributed by atoms with Gasteiger partial charge >= 0.3 is 0 Å². The number of halogens is 1. The molecule has 0 spiro atoms. The topological polar surface area (TPSA) is 72.6 Å². The summed E-state index contributed by atoms with van der Waals surface area (Å²) in [7, 11) is -3.71. The molecule has 21 heavy (non-hydrogen) atoms. The van der Waals surface area contributed by atoms with Gasteiger partial charge in [0.25, 0.3) is 0 Å². The molecule has 0 aromatic heterocycles. The first kappa shape index (κ1) is 16.6. The minimum atomic E-state index is -3.71. The normalized spacial score (nSPS) is 24.0. The van der Waals surface area contributed by atoms with E-state index in [-0.39, 0.29) is 27.1 Å². The average Bonchev–Trinajstić information content (AvgIpc) is 2.37. The molecule has 0 amide bonds. The first-order valence-electron chi connectivity index (χ1n) is 6.46. The first-order valence-corrected chi connectivity index (χ1v) is 8.69. The summed E-state index contributed by atoms with van der Waals surface area (Å²) in [4.78, 5) is 0.155. The Kier molecular flexibility index (Phi) is 4.89. The first-order chi connectivity index (χ1) is 9.71. The summed E-state index contributed by atoms with van der Waals surface area (Å²) >= 11 is 10.9. The van der Waals surface area contributed by atoms with E-state index < -0.39 is 10.0 Å². The molecule has 2 rings (SSSR count). The van der Waals surface area contributed by atoms with Gasteiger partial charge in [-0.1, -0.05) is 29.9 Å². The lowest BCUT2D eigenvalue weighted by atomic mass is 10.2. The molecule has 116 valence electrons. The summed E-state index contributed by atoms with van der Waals surface area (Å²) in [6, 6.07) is 4.52. The number of hydrogen-bond acceptors (Lipinski definition) is 4. The molecule has 1 saturated heterocycles. The minimum Gasteiger partial charge on any atom is -0.389 e. The maximum absolute atomic E-state index is 12.8. The molecule has 2 N–H and O–H groups in total. The molecule has 1 aromatic carbocycles. The van der Waals surface area contributed by atoms with Gasteiger partial charge in [-0.25, -0.2) is 8.42 Å². The van der Waals surface area contributed by atoms with Gasteiger partial charge < -0.3 is 10.5 Å². The van der Waals surface area contributed by atoms with E-state index in [4.69, 9.17) is 34.3 Å². The van der Waals surface area contributed by atoms with Gasteiger partial charge in [-0.3, -0.25) is 0 Å². The Labute approximate surface area is 135 Å². The molecule has 0 aliphatic carbocycles. The number of benzene rings is 1. The highest BCUT2D eigenvalue weighted by molar-refractivity contribution is 7.89. The van der Waals surface area contributed by atoms with E-state index >= 15 is 0 Å². The third-order valence-corrected chi connectivity index (χ3v) is 5.77. The number of sulfonamides is 1. The van der Waals surface area contributed by atoms with Crippen LogP contribution in [0.25, 0.3) is 0 Å². The molecule has 1 heterocycles. The van der Waals surface area contributed by atoms with Crippen LogP contribution in [0.4, 0.5) is 0 Å². The molecule has 0 radical (unpaired) electrons. The number of thiocarbonyl (C=S) groups is 1. The van der Waals surface area contributed by atoms with Crippen molar-refractivity contribution < 1.29 is 13.2 Å². The maximum atomic E-state index is 12.8. The smallest absolute Gasteiger partial charge is 0.244 e. The van der Waals surface area contributed by atoms with Crippen LogP contribution in [0, 0.1) is 0 Å². The summed E-state index contributed by atoms with van der Waals surface area (Å²) in [5.74, 6) is 0. The average molecular weight is 349 g/mol. The van der Waals surface area contributed by atoms with Crippen molar-refractivity contribution in [1.82, 2.24) is 4.31 Å². The maximum Gasteiger partial charge on any atom is 0.244 e. The van der Waals surface area contributed by atoms with Crippen LogP contribution < -0.4 is 5.73 Å². The second-order valence-electron chi connectivity index (χ2n) is 5.09. The minimum absolute atomic E-state index is 0.0239. The molecule has 8 heteroatoms. The van der Waals surface area contributed by atoms with Crippen molar-refractivity contribution in [3.63, 3.8) is 0 Å². The lowest BCUT2D eigenvalue weighted by Crippen LogP contribution is -2.48. The summed E-state index contributed by atoms with van der Waals surface area (Å²) in [5.41, 5.74) is 6.03. The fourth-order valence-electron chi connectivity index (χ4n) is 2.32. The SMILES string of the molecule is CC1CN(S(=O)(=O)c2cc(C(N)=S)ccc2Cl)CC(C)O1. The highest BCUT2D eigenvalue weighted by Crippen LogP contribution is 2.28. The summed E-state index contributed by atoms with van der Waals surface area (Å²) in [5, 5.41) is 0.154. The highest BCUT2D eigenvalue weighted by Gasteiger charge is 2.33. The van der Waals surface area contributed by atoms with E-state index in [1.165, 1.54) is 16.4 Å². The van der Waals surface area contributed by atoms with Crippen LogP contribution in [0.1, 0.15) is 19.4 Å². The number of rotatable bonds is 3. The van der Waals surface area contributed by atoms with Gasteiger partial charge in [-0.2, -0.15) is 4.31 Å². The molecular formula is C13H17ClN2O3S2. The largest absolute Gasteiger partial charge is 0.389 e. The van der Waals surface area contributed by atoms with E-state index in [2.05, 4.69) is 0 Å². The van der Waals surface area contributed by atoms with Crippen LogP contribution in [0.5, 0.6) is 0 Å². The monoisotopic (exact) mass is 348 g/mol. The van der Waals surface area contributed by atoms with Crippen molar-refractivity contribution in [1.29, 1.82) is 0 Å². The summed E-state index contributed by atoms with van der Waals surface area (Å²) < 4.78 is 32.5. The molecule has 5 nitrogen and oxygen atoms in total. The van der Waals surface area contributed by atoms with Crippen LogP contribution >= 0.6 is 23.8 Å². The predicted octanol–water partition coefficient (Wildman–Crippen LogP) is 1.77. The van der Waals surface area contributed by atoms with Crippen molar-refractivity contribution in [3.05, 3.63) is 28.8 Å².